The van der Waals surface area contributed by atoms with Gasteiger partial charge in [0.2, 0.25) is 5.91 Å². The van der Waals surface area contributed by atoms with Gasteiger partial charge in [-0.3, -0.25) is 9.69 Å². The van der Waals surface area contributed by atoms with Gasteiger partial charge in [-0.2, -0.15) is 0 Å². The van der Waals surface area contributed by atoms with Gasteiger partial charge in [-0.15, -0.1) is 0 Å². The molecule has 20 heavy (non-hydrogen) atoms. The second kappa shape index (κ2) is 7.38. The lowest BCUT2D eigenvalue weighted by Gasteiger charge is -2.30. The van der Waals surface area contributed by atoms with Gasteiger partial charge in [0.1, 0.15) is 0 Å². The molecule has 2 fully saturated rings. The van der Waals surface area contributed by atoms with Gasteiger partial charge in [0.15, 0.2) is 0 Å². The number of hydrogen-bond acceptors (Lipinski definition) is 4. The molecule has 0 aliphatic carbocycles. The van der Waals surface area contributed by atoms with E-state index in [1.807, 2.05) is 4.90 Å². The zero-order chi connectivity index (χ0) is 14.5. The largest absolute Gasteiger partial charge is 0.381 e. The Morgan fingerprint density at radius 2 is 1.95 bits per heavy atom. The fourth-order valence-electron chi connectivity index (χ4n) is 3.47. The van der Waals surface area contributed by atoms with E-state index in [4.69, 9.17) is 10.5 Å². The highest BCUT2D eigenvalue weighted by Gasteiger charge is 2.34. The van der Waals surface area contributed by atoms with Gasteiger partial charge in [-0.1, -0.05) is 13.8 Å². The second-order valence-electron chi connectivity index (χ2n) is 5.92. The van der Waals surface area contributed by atoms with Gasteiger partial charge >= 0.3 is 0 Å². The quantitative estimate of drug-likeness (QED) is 0.806. The normalized spacial score (nSPS) is 26.2. The van der Waals surface area contributed by atoms with Crippen molar-refractivity contribution in [3.8, 4) is 0 Å². The summed E-state index contributed by atoms with van der Waals surface area (Å²) in [5.41, 5.74) is 6.20. The minimum Gasteiger partial charge on any atom is -0.381 e. The molecule has 0 aromatic heterocycles. The lowest BCUT2D eigenvalue weighted by Crippen LogP contribution is -2.49. The van der Waals surface area contributed by atoms with Crippen molar-refractivity contribution >= 4 is 5.91 Å². The summed E-state index contributed by atoms with van der Waals surface area (Å²) >= 11 is 0. The van der Waals surface area contributed by atoms with Gasteiger partial charge in [0, 0.05) is 32.3 Å². The average molecular weight is 283 g/mol. The molecular formula is C15H29N3O2. The zero-order valence-corrected chi connectivity index (χ0v) is 12.9. The van der Waals surface area contributed by atoms with Crippen LogP contribution in [0.1, 0.15) is 33.1 Å². The molecule has 0 radical (unpaired) electrons. The molecule has 2 N–H and O–H groups in total. The van der Waals surface area contributed by atoms with E-state index >= 15 is 0 Å². The molecule has 2 heterocycles. The smallest absolute Gasteiger partial charge is 0.239 e. The summed E-state index contributed by atoms with van der Waals surface area (Å²) in [6.45, 7) is 9.66. The van der Waals surface area contributed by atoms with E-state index in [0.29, 0.717) is 12.0 Å². The maximum Gasteiger partial charge on any atom is 0.239 e. The van der Waals surface area contributed by atoms with Crippen LogP contribution in [0.2, 0.25) is 0 Å². The van der Waals surface area contributed by atoms with E-state index < -0.39 is 0 Å². The third-order valence-corrected chi connectivity index (χ3v) is 4.86. The molecule has 0 bridgehead atoms. The lowest BCUT2D eigenvalue weighted by molar-refractivity contribution is -0.133. The molecule has 2 rings (SSSR count). The molecule has 0 aromatic rings. The van der Waals surface area contributed by atoms with Gasteiger partial charge in [0.25, 0.3) is 0 Å². The number of amides is 1. The topological polar surface area (TPSA) is 58.8 Å². The first kappa shape index (κ1) is 15.7. The van der Waals surface area contributed by atoms with Crippen LogP contribution in [0, 0.1) is 5.92 Å². The van der Waals surface area contributed by atoms with Crippen LogP contribution < -0.4 is 5.73 Å². The average Bonchev–Trinajstić information content (AvgIpc) is 2.97. The number of likely N-dealkylation sites (tertiary alicyclic amines) is 1. The fourth-order valence-corrected chi connectivity index (χ4v) is 3.47. The van der Waals surface area contributed by atoms with E-state index in [-0.39, 0.29) is 11.9 Å². The standard InChI is InChI=1S/C15H29N3O2/c1-3-17(4-2)13-5-8-18(11-13)15(19)14(16)12-6-9-20-10-7-12/h12-14H,3-11,16H2,1-2H3. The van der Waals surface area contributed by atoms with Crippen LogP contribution in [0.4, 0.5) is 0 Å². The van der Waals surface area contributed by atoms with Crippen LogP contribution in [0.3, 0.4) is 0 Å². The van der Waals surface area contributed by atoms with Gasteiger partial charge in [-0.05, 0) is 38.3 Å². The van der Waals surface area contributed by atoms with Crippen molar-refractivity contribution in [2.75, 3.05) is 39.4 Å². The minimum absolute atomic E-state index is 0.145. The van der Waals surface area contributed by atoms with Crippen molar-refractivity contribution in [1.82, 2.24) is 9.80 Å². The Morgan fingerprint density at radius 1 is 1.30 bits per heavy atom. The number of nitrogens with zero attached hydrogens (tertiary/aromatic N) is 2. The minimum atomic E-state index is -0.339. The summed E-state index contributed by atoms with van der Waals surface area (Å²) in [6, 6.07) is 0.171. The molecule has 2 aliphatic heterocycles. The van der Waals surface area contributed by atoms with E-state index in [9.17, 15) is 4.79 Å². The Hall–Kier alpha value is -0.650. The number of carbonyl (C=O) groups excluding carboxylic acids is 1. The Labute approximate surface area is 122 Å². The molecule has 5 nitrogen and oxygen atoms in total. The SMILES string of the molecule is CCN(CC)C1CCN(C(=O)C(N)C2CCOCC2)C1. The van der Waals surface area contributed by atoms with Crippen LogP contribution in [0.5, 0.6) is 0 Å². The summed E-state index contributed by atoms with van der Waals surface area (Å²) in [5.74, 6) is 0.440. The van der Waals surface area contributed by atoms with Crippen LogP contribution >= 0.6 is 0 Å². The van der Waals surface area contributed by atoms with Crippen molar-refractivity contribution in [2.45, 2.75) is 45.2 Å². The van der Waals surface area contributed by atoms with Crippen LogP contribution in [-0.2, 0) is 9.53 Å². The van der Waals surface area contributed by atoms with Crippen molar-refractivity contribution < 1.29 is 9.53 Å². The molecule has 2 saturated heterocycles. The molecule has 2 atom stereocenters. The molecular weight excluding hydrogens is 254 g/mol. The summed E-state index contributed by atoms with van der Waals surface area (Å²) in [4.78, 5) is 16.9. The first-order valence-corrected chi connectivity index (χ1v) is 8.03. The Balaban J connectivity index is 1.86. The highest BCUT2D eigenvalue weighted by molar-refractivity contribution is 5.82. The van der Waals surface area contributed by atoms with Crippen molar-refractivity contribution in [3.05, 3.63) is 0 Å². The molecule has 5 heteroatoms. The summed E-state index contributed by atoms with van der Waals surface area (Å²) in [6.07, 6.45) is 2.91. The summed E-state index contributed by atoms with van der Waals surface area (Å²) in [5, 5.41) is 0. The summed E-state index contributed by atoms with van der Waals surface area (Å²) in [7, 11) is 0. The molecule has 0 aromatic carbocycles. The molecule has 0 spiro atoms. The van der Waals surface area contributed by atoms with Gasteiger partial charge < -0.3 is 15.4 Å². The number of ether oxygens (including phenoxy) is 1. The fraction of sp³-hybridized carbons (Fsp3) is 0.933. The number of hydrogen-bond donors (Lipinski definition) is 1. The monoisotopic (exact) mass is 283 g/mol. The highest BCUT2D eigenvalue weighted by Crippen LogP contribution is 2.22. The van der Waals surface area contributed by atoms with Crippen molar-refractivity contribution in [2.24, 2.45) is 11.7 Å². The molecule has 0 saturated carbocycles. The maximum atomic E-state index is 12.5. The Morgan fingerprint density at radius 3 is 2.55 bits per heavy atom. The number of likely N-dealkylation sites (N-methyl/N-ethyl adjacent to an activating group) is 1. The van der Waals surface area contributed by atoms with Gasteiger partial charge in [0.05, 0.1) is 6.04 Å². The predicted molar refractivity (Wildman–Crippen MR) is 79.4 cm³/mol. The first-order chi connectivity index (χ1) is 9.67. The lowest BCUT2D eigenvalue weighted by atomic mass is 9.91. The first-order valence-electron chi connectivity index (χ1n) is 8.03. The third-order valence-electron chi connectivity index (χ3n) is 4.86. The number of nitrogens with two attached hydrogens (primary N) is 1. The van der Waals surface area contributed by atoms with E-state index in [1.165, 1.54) is 0 Å². The maximum absolute atomic E-state index is 12.5. The molecule has 116 valence electrons. The zero-order valence-electron chi connectivity index (χ0n) is 12.9. The Kier molecular flexibility index (Phi) is 5.81. The van der Waals surface area contributed by atoms with Crippen LogP contribution in [0.15, 0.2) is 0 Å². The van der Waals surface area contributed by atoms with E-state index in [0.717, 1.165) is 58.7 Å². The van der Waals surface area contributed by atoms with Crippen molar-refractivity contribution in [1.29, 1.82) is 0 Å². The van der Waals surface area contributed by atoms with Crippen LogP contribution in [-0.4, -0.2) is 67.2 Å². The second-order valence-corrected chi connectivity index (χ2v) is 5.92. The molecule has 2 unspecified atom stereocenters. The van der Waals surface area contributed by atoms with Crippen molar-refractivity contribution in [3.63, 3.8) is 0 Å². The summed E-state index contributed by atoms with van der Waals surface area (Å²) < 4.78 is 5.35. The molecule has 2 aliphatic rings. The number of carbonyl (C=O) groups is 1. The Bertz CT molecular complexity index is 314. The highest BCUT2D eigenvalue weighted by atomic mass is 16.5. The van der Waals surface area contributed by atoms with E-state index in [1.54, 1.807) is 0 Å². The third kappa shape index (κ3) is 3.51. The number of rotatable bonds is 5. The predicted octanol–water partition coefficient (Wildman–Crippen LogP) is 0.683. The van der Waals surface area contributed by atoms with Crippen LogP contribution in [0.25, 0.3) is 0 Å². The van der Waals surface area contributed by atoms with E-state index in [2.05, 4.69) is 18.7 Å². The molecule has 1 amide bonds. The van der Waals surface area contributed by atoms with Gasteiger partial charge in [-0.25, -0.2) is 0 Å².